The molecular weight excluding hydrogens is 535 g/mol. The first kappa shape index (κ1) is 27.4. The summed E-state index contributed by atoms with van der Waals surface area (Å²) in [5.74, 6) is -0.447. The van der Waals surface area contributed by atoms with Crippen LogP contribution in [0.15, 0.2) is 95.9 Å². The lowest BCUT2D eigenvalue weighted by Gasteiger charge is -2.11. The molecule has 0 aliphatic rings. The maximum Gasteiger partial charge on any atom is 0.416 e. The van der Waals surface area contributed by atoms with E-state index >= 15 is 0 Å². The van der Waals surface area contributed by atoms with Crippen molar-refractivity contribution in [1.29, 1.82) is 0 Å². The number of hydrogen-bond acceptors (Lipinski definition) is 5. The van der Waals surface area contributed by atoms with Crippen molar-refractivity contribution in [2.45, 2.75) is 19.0 Å². The van der Waals surface area contributed by atoms with Gasteiger partial charge in [-0.15, -0.1) is 0 Å². The van der Waals surface area contributed by atoms with Crippen molar-refractivity contribution in [2.24, 2.45) is 0 Å². The average Bonchev–Trinajstić information content (AvgIpc) is 3.67. The number of rotatable bonds is 8. The molecule has 0 fully saturated rings. The third kappa shape index (κ3) is 6.35. The summed E-state index contributed by atoms with van der Waals surface area (Å²) in [7, 11) is 1.58. The summed E-state index contributed by atoms with van der Waals surface area (Å²) in [6, 6.07) is 21.4. The second-order valence-electron chi connectivity index (χ2n) is 9.13. The zero-order valence-corrected chi connectivity index (χ0v) is 21.8. The lowest BCUT2D eigenvalue weighted by Crippen LogP contribution is -2.18. The van der Waals surface area contributed by atoms with Gasteiger partial charge in [0, 0.05) is 31.1 Å². The Hall–Kier alpha value is -5.19. The maximum atomic E-state index is 12.9. The lowest BCUT2D eigenvalue weighted by molar-refractivity contribution is -0.137. The minimum absolute atomic E-state index is 0.0870. The van der Waals surface area contributed by atoms with E-state index in [-0.39, 0.29) is 18.1 Å². The molecule has 0 saturated heterocycles. The van der Waals surface area contributed by atoms with E-state index in [9.17, 15) is 22.8 Å². The van der Waals surface area contributed by atoms with Crippen molar-refractivity contribution in [1.82, 2.24) is 20.1 Å². The first-order valence-electron chi connectivity index (χ1n) is 12.6. The van der Waals surface area contributed by atoms with Crippen molar-refractivity contribution < 1.29 is 27.2 Å². The first-order chi connectivity index (χ1) is 19.7. The number of nitrogens with one attached hydrogen (secondary N) is 2. The molecule has 0 unspecified atom stereocenters. The molecule has 0 bridgehead atoms. The van der Waals surface area contributed by atoms with Gasteiger partial charge in [-0.25, -0.2) is 9.67 Å². The lowest BCUT2D eigenvalue weighted by atomic mass is 10.0. The van der Waals surface area contributed by atoms with Crippen LogP contribution in [-0.2, 0) is 17.4 Å². The molecule has 0 saturated carbocycles. The van der Waals surface area contributed by atoms with Crippen LogP contribution in [0, 0.1) is 0 Å². The van der Waals surface area contributed by atoms with Crippen LogP contribution in [0.3, 0.4) is 0 Å². The van der Waals surface area contributed by atoms with Crippen molar-refractivity contribution in [2.75, 3.05) is 12.4 Å². The molecule has 2 aromatic heterocycles. The molecule has 11 heteroatoms. The van der Waals surface area contributed by atoms with E-state index in [1.807, 2.05) is 30.3 Å². The van der Waals surface area contributed by atoms with Gasteiger partial charge in [0.1, 0.15) is 0 Å². The molecule has 0 aliphatic heterocycles. The van der Waals surface area contributed by atoms with Crippen molar-refractivity contribution in [3.05, 3.63) is 108 Å². The van der Waals surface area contributed by atoms with Gasteiger partial charge in [-0.05, 0) is 53.6 Å². The van der Waals surface area contributed by atoms with Crippen LogP contribution in [0.5, 0.6) is 0 Å². The normalized spacial score (nSPS) is 11.3. The Labute approximate surface area is 232 Å². The molecule has 0 radical (unpaired) electrons. The Bertz CT molecular complexity index is 1640. The monoisotopic (exact) mass is 559 g/mol. The van der Waals surface area contributed by atoms with E-state index in [4.69, 9.17) is 9.52 Å². The fourth-order valence-corrected chi connectivity index (χ4v) is 4.21. The Morgan fingerprint density at radius 3 is 2.12 bits per heavy atom. The summed E-state index contributed by atoms with van der Waals surface area (Å²) in [6.07, 6.45) is -1.20. The number of aryl methyl sites for hydroxylation is 1. The number of carbonyl (C=O) groups is 2. The number of hydrogen-bond donors (Lipinski definition) is 2. The zero-order chi connectivity index (χ0) is 29.0. The molecule has 0 spiro atoms. The number of aromatic nitrogens is 3. The number of halogens is 3. The second kappa shape index (κ2) is 11.5. The Morgan fingerprint density at radius 1 is 0.902 bits per heavy atom. The minimum Gasteiger partial charge on any atom is -0.438 e. The van der Waals surface area contributed by atoms with Gasteiger partial charge < -0.3 is 15.1 Å². The number of benzene rings is 3. The second-order valence-corrected chi connectivity index (χ2v) is 9.13. The maximum absolute atomic E-state index is 12.9. The summed E-state index contributed by atoms with van der Waals surface area (Å²) < 4.78 is 45.6. The number of nitrogens with zero attached hydrogens (tertiary/aromatic N) is 3. The Morgan fingerprint density at radius 2 is 1.54 bits per heavy atom. The van der Waals surface area contributed by atoms with E-state index in [2.05, 4.69) is 15.6 Å². The standard InChI is InChI=1S/C30H24F3N5O3/c1-34-28(39)15-12-24-16-26(21-4-2-19(3-5-21)20-6-8-22(9-7-20)30(31,32)33)38(37-24)25-13-10-23(11-14-25)36-29(40)27-17-35-18-41-27/h2-11,13-14,16-18H,12,15H2,1H3,(H,34,39)(H,36,40). The van der Waals surface area contributed by atoms with Gasteiger partial charge in [-0.3, -0.25) is 9.59 Å². The minimum atomic E-state index is -4.39. The molecule has 208 valence electrons. The van der Waals surface area contributed by atoms with Gasteiger partial charge >= 0.3 is 6.18 Å². The number of carbonyl (C=O) groups excluding carboxylic acids is 2. The van der Waals surface area contributed by atoms with Crippen molar-refractivity contribution in [3.8, 4) is 28.1 Å². The highest BCUT2D eigenvalue weighted by molar-refractivity contribution is 6.02. The van der Waals surface area contributed by atoms with Gasteiger partial charge in [-0.2, -0.15) is 18.3 Å². The predicted molar refractivity (Wildman–Crippen MR) is 146 cm³/mol. The van der Waals surface area contributed by atoms with E-state index in [0.29, 0.717) is 23.4 Å². The highest BCUT2D eigenvalue weighted by atomic mass is 19.4. The van der Waals surface area contributed by atoms with Gasteiger partial charge in [0.15, 0.2) is 6.39 Å². The van der Waals surface area contributed by atoms with E-state index in [1.54, 1.807) is 36.0 Å². The van der Waals surface area contributed by atoms with Crippen LogP contribution < -0.4 is 10.6 Å². The van der Waals surface area contributed by atoms with E-state index in [1.165, 1.54) is 24.7 Å². The number of alkyl halides is 3. The van der Waals surface area contributed by atoms with Gasteiger partial charge in [0.2, 0.25) is 11.7 Å². The van der Waals surface area contributed by atoms with Crippen LogP contribution in [0.4, 0.5) is 18.9 Å². The van der Waals surface area contributed by atoms with Gasteiger partial charge in [0.05, 0.1) is 28.8 Å². The zero-order valence-electron chi connectivity index (χ0n) is 21.8. The van der Waals surface area contributed by atoms with Crippen LogP contribution in [0.1, 0.15) is 28.2 Å². The van der Waals surface area contributed by atoms with E-state index < -0.39 is 17.6 Å². The summed E-state index contributed by atoms with van der Waals surface area (Å²) in [4.78, 5) is 27.8. The molecular formula is C30H24F3N5O3. The van der Waals surface area contributed by atoms with Crippen molar-refractivity contribution >= 4 is 17.5 Å². The molecule has 8 nitrogen and oxygen atoms in total. The molecule has 0 aliphatic carbocycles. The topological polar surface area (TPSA) is 102 Å². The molecule has 0 atom stereocenters. The summed E-state index contributed by atoms with van der Waals surface area (Å²) in [6.45, 7) is 0. The van der Waals surface area contributed by atoms with Crippen LogP contribution >= 0.6 is 0 Å². The largest absolute Gasteiger partial charge is 0.438 e. The fourth-order valence-electron chi connectivity index (χ4n) is 4.21. The van der Waals surface area contributed by atoms with Crippen LogP contribution in [0.25, 0.3) is 28.1 Å². The quantitative estimate of drug-likeness (QED) is 0.238. The number of amides is 2. The SMILES string of the molecule is CNC(=O)CCc1cc(-c2ccc(-c3ccc(C(F)(F)F)cc3)cc2)n(-c2ccc(NC(=O)c3cnco3)cc2)n1. The Kier molecular flexibility index (Phi) is 7.68. The molecule has 5 rings (SSSR count). The fraction of sp³-hybridized carbons (Fsp3) is 0.133. The van der Waals surface area contributed by atoms with Crippen molar-refractivity contribution in [3.63, 3.8) is 0 Å². The molecule has 3 aromatic carbocycles. The van der Waals surface area contributed by atoms with E-state index in [0.717, 1.165) is 34.6 Å². The molecule has 2 heterocycles. The third-order valence-corrected chi connectivity index (χ3v) is 6.40. The molecule has 2 N–H and O–H groups in total. The third-order valence-electron chi connectivity index (χ3n) is 6.40. The summed E-state index contributed by atoms with van der Waals surface area (Å²) in [5.41, 5.74) is 4.27. The Balaban J connectivity index is 1.42. The number of anilines is 1. The van der Waals surface area contributed by atoms with Gasteiger partial charge in [-0.1, -0.05) is 36.4 Å². The molecule has 2 amide bonds. The molecule has 41 heavy (non-hydrogen) atoms. The van der Waals surface area contributed by atoms with Crippen LogP contribution in [-0.4, -0.2) is 33.6 Å². The van der Waals surface area contributed by atoms with Gasteiger partial charge in [0.25, 0.3) is 5.91 Å². The average molecular weight is 560 g/mol. The first-order valence-corrected chi connectivity index (χ1v) is 12.6. The summed E-state index contributed by atoms with van der Waals surface area (Å²) in [5, 5.41) is 10.1. The summed E-state index contributed by atoms with van der Waals surface area (Å²) >= 11 is 0. The highest BCUT2D eigenvalue weighted by Crippen LogP contribution is 2.32. The van der Waals surface area contributed by atoms with Crippen LogP contribution in [0.2, 0.25) is 0 Å². The smallest absolute Gasteiger partial charge is 0.416 e. The number of oxazole rings is 1. The molecule has 5 aromatic rings. The predicted octanol–water partition coefficient (Wildman–Crippen LogP) is 6.14. The highest BCUT2D eigenvalue weighted by Gasteiger charge is 2.30.